The van der Waals surface area contributed by atoms with Gasteiger partial charge in [-0.05, 0) is 23.8 Å². The van der Waals surface area contributed by atoms with E-state index in [0.29, 0.717) is 19.6 Å². The first kappa shape index (κ1) is 22.1. The Bertz CT molecular complexity index is 714. The molecule has 10 heteroatoms. The van der Waals surface area contributed by atoms with Gasteiger partial charge in [0.05, 0.1) is 11.6 Å². The number of piperazine rings is 1. The van der Waals surface area contributed by atoms with Gasteiger partial charge in [0, 0.05) is 38.2 Å². The van der Waals surface area contributed by atoms with Gasteiger partial charge in [0.2, 0.25) is 0 Å². The maximum Gasteiger partial charge on any atom is 0.433 e. The molecule has 2 aromatic rings. The highest BCUT2D eigenvalue weighted by Gasteiger charge is 2.33. The molecule has 5 nitrogen and oxygen atoms in total. The summed E-state index contributed by atoms with van der Waals surface area (Å²) in [5.41, 5.74) is -0.000110. The van der Waals surface area contributed by atoms with Crippen molar-refractivity contribution in [2.75, 3.05) is 19.6 Å². The number of hydrogen-bond donors (Lipinski definition) is 1. The van der Waals surface area contributed by atoms with E-state index in [0.717, 1.165) is 17.8 Å². The molecule has 2 aromatic heterocycles. The van der Waals surface area contributed by atoms with Crippen LogP contribution in [0.25, 0.3) is 0 Å². The third-order valence-electron chi connectivity index (χ3n) is 3.87. The fraction of sp³-hybridized carbons (Fsp3) is 0.312. The molecule has 0 radical (unpaired) electrons. The largest absolute Gasteiger partial charge is 0.433 e. The molecule has 0 aliphatic carbocycles. The molecule has 1 aliphatic heterocycles. The first-order chi connectivity index (χ1) is 11.5. The van der Waals surface area contributed by atoms with Crippen molar-refractivity contribution in [2.24, 2.45) is 0 Å². The monoisotopic (exact) mass is 408 g/mol. The lowest BCUT2D eigenvalue weighted by molar-refractivity contribution is -0.141. The van der Waals surface area contributed by atoms with Gasteiger partial charge in [-0.1, -0.05) is 6.07 Å². The molecule has 0 saturated carbocycles. The molecule has 0 spiro atoms. The quantitative estimate of drug-likeness (QED) is 0.829. The van der Waals surface area contributed by atoms with Crippen LogP contribution in [0.1, 0.15) is 27.7 Å². The van der Waals surface area contributed by atoms with Crippen LogP contribution in [-0.4, -0.2) is 40.4 Å². The highest BCUT2D eigenvalue weighted by atomic mass is 35.5. The number of nitrogens with one attached hydrogen (secondary N) is 1. The molecule has 1 N–H and O–H groups in total. The lowest BCUT2D eigenvalue weighted by Gasteiger charge is -2.36. The van der Waals surface area contributed by atoms with E-state index >= 15 is 0 Å². The molecule has 0 aromatic carbocycles. The maximum atomic E-state index is 12.7. The van der Waals surface area contributed by atoms with Crippen molar-refractivity contribution in [1.82, 2.24) is 20.2 Å². The van der Waals surface area contributed by atoms with E-state index in [9.17, 15) is 18.0 Å². The van der Waals surface area contributed by atoms with Gasteiger partial charge in [-0.15, -0.1) is 24.8 Å². The van der Waals surface area contributed by atoms with Crippen LogP contribution in [0.5, 0.6) is 0 Å². The number of carbonyl (C=O) groups is 1. The Hall–Kier alpha value is -1.90. The molecule has 1 atom stereocenters. The van der Waals surface area contributed by atoms with Crippen molar-refractivity contribution in [1.29, 1.82) is 0 Å². The summed E-state index contributed by atoms with van der Waals surface area (Å²) in [4.78, 5) is 21.8. The van der Waals surface area contributed by atoms with Crippen molar-refractivity contribution >= 4 is 30.7 Å². The number of rotatable bonds is 2. The number of halogens is 5. The van der Waals surface area contributed by atoms with Crippen molar-refractivity contribution in [2.45, 2.75) is 12.2 Å². The predicted octanol–water partition coefficient (Wildman–Crippen LogP) is 3.13. The van der Waals surface area contributed by atoms with Crippen LogP contribution in [0.3, 0.4) is 0 Å². The summed E-state index contributed by atoms with van der Waals surface area (Å²) in [5.74, 6) is -0.341. The van der Waals surface area contributed by atoms with E-state index in [4.69, 9.17) is 0 Å². The van der Waals surface area contributed by atoms with E-state index in [2.05, 4.69) is 15.3 Å². The van der Waals surface area contributed by atoms with Crippen molar-refractivity contribution in [3.8, 4) is 0 Å². The molecular weight excluding hydrogens is 392 g/mol. The minimum Gasteiger partial charge on any atom is -0.329 e. The van der Waals surface area contributed by atoms with Gasteiger partial charge >= 0.3 is 6.18 Å². The van der Waals surface area contributed by atoms with E-state index in [1.165, 1.54) is 6.07 Å². The third-order valence-corrected chi connectivity index (χ3v) is 3.87. The summed E-state index contributed by atoms with van der Waals surface area (Å²) in [6, 6.07) is 5.43. The zero-order chi connectivity index (χ0) is 17.2. The van der Waals surface area contributed by atoms with Gasteiger partial charge < -0.3 is 10.2 Å². The summed E-state index contributed by atoms with van der Waals surface area (Å²) in [5, 5.41) is 3.21. The van der Waals surface area contributed by atoms with Crippen LogP contribution >= 0.6 is 24.8 Å². The second-order valence-electron chi connectivity index (χ2n) is 5.43. The SMILES string of the molecule is Cl.Cl.O=C(c1ccc(C(F)(F)F)nc1)N1CCNCC1c1cccnc1. The van der Waals surface area contributed by atoms with Crippen LogP contribution in [0.4, 0.5) is 13.2 Å². The third kappa shape index (κ3) is 4.84. The number of hydrogen-bond acceptors (Lipinski definition) is 4. The number of pyridine rings is 2. The Morgan fingerprint density at radius 1 is 1.19 bits per heavy atom. The number of aromatic nitrogens is 2. The highest BCUT2D eigenvalue weighted by molar-refractivity contribution is 5.94. The van der Waals surface area contributed by atoms with Crippen LogP contribution in [0, 0.1) is 0 Å². The predicted molar refractivity (Wildman–Crippen MR) is 94.6 cm³/mol. The van der Waals surface area contributed by atoms with Gasteiger partial charge in [0.15, 0.2) is 0 Å². The first-order valence-corrected chi connectivity index (χ1v) is 7.41. The Morgan fingerprint density at radius 2 is 1.96 bits per heavy atom. The Labute approximate surface area is 160 Å². The first-order valence-electron chi connectivity index (χ1n) is 7.41. The van der Waals surface area contributed by atoms with Crippen LogP contribution in [0.15, 0.2) is 42.9 Å². The minimum atomic E-state index is -4.52. The standard InChI is InChI=1S/C16H15F3N4O.2ClH/c17-16(18,19)14-4-3-12(9-22-14)15(24)23-7-6-21-10-13(23)11-2-1-5-20-8-11;;/h1-5,8-9,13,21H,6-7,10H2;2*1H. The van der Waals surface area contributed by atoms with Crippen molar-refractivity contribution < 1.29 is 18.0 Å². The number of carbonyl (C=O) groups excluding carboxylic acids is 1. The lowest BCUT2D eigenvalue weighted by Crippen LogP contribution is -2.48. The zero-order valence-corrected chi connectivity index (χ0v) is 15.1. The smallest absolute Gasteiger partial charge is 0.329 e. The average Bonchev–Trinajstić information content (AvgIpc) is 2.61. The Balaban J connectivity index is 0.00000169. The fourth-order valence-corrected chi connectivity index (χ4v) is 2.67. The van der Waals surface area contributed by atoms with Gasteiger partial charge in [-0.2, -0.15) is 13.2 Å². The molecule has 1 aliphatic rings. The number of alkyl halides is 3. The van der Waals surface area contributed by atoms with Crippen molar-refractivity contribution in [3.05, 3.63) is 59.7 Å². The average molecular weight is 409 g/mol. The second-order valence-corrected chi connectivity index (χ2v) is 5.43. The molecule has 3 rings (SSSR count). The van der Waals surface area contributed by atoms with Crippen LogP contribution in [0.2, 0.25) is 0 Å². The summed E-state index contributed by atoms with van der Waals surface area (Å²) < 4.78 is 37.8. The summed E-state index contributed by atoms with van der Waals surface area (Å²) >= 11 is 0. The molecule has 1 fully saturated rings. The zero-order valence-electron chi connectivity index (χ0n) is 13.4. The van der Waals surface area contributed by atoms with Crippen LogP contribution < -0.4 is 5.32 Å². The molecule has 1 saturated heterocycles. The molecule has 3 heterocycles. The molecule has 26 heavy (non-hydrogen) atoms. The Morgan fingerprint density at radius 3 is 2.54 bits per heavy atom. The topological polar surface area (TPSA) is 58.1 Å². The fourth-order valence-electron chi connectivity index (χ4n) is 2.67. The van der Waals surface area contributed by atoms with Gasteiger partial charge in [-0.25, -0.2) is 0 Å². The van der Waals surface area contributed by atoms with Crippen molar-refractivity contribution in [3.63, 3.8) is 0 Å². The lowest BCUT2D eigenvalue weighted by atomic mass is 10.0. The molecule has 142 valence electrons. The summed E-state index contributed by atoms with van der Waals surface area (Å²) in [6.07, 6.45) is -0.211. The summed E-state index contributed by atoms with van der Waals surface area (Å²) in [6.45, 7) is 1.64. The molecular formula is C16H17Cl2F3N4O. The van der Waals surface area contributed by atoms with E-state index in [-0.39, 0.29) is 42.3 Å². The second kappa shape index (κ2) is 9.16. The van der Waals surface area contributed by atoms with Gasteiger partial charge in [-0.3, -0.25) is 14.8 Å². The number of nitrogens with zero attached hydrogens (tertiary/aromatic N) is 3. The molecule has 1 amide bonds. The van der Waals surface area contributed by atoms with E-state index in [1.807, 2.05) is 6.07 Å². The highest BCUT2D eigenvalue weighted by Crippen LogP contribution is 2.28. The van der Waals surface area contributed by atoms with E-state index < -0.39 is 11.9 Å². The van der Waals surface area contributed by atoms with Gasteiger partial charge in [0.1, 0.15) is 5.69 Å². The van der Waals surface area contributed by atoms with Crippen LogP contribution in [-0.2, 0) is 6.18 Å². The number of amides is 1. The summed E-state index contributed by atoms with van der Waals surface area (Å²) in [7, 11) is 0. The maximum absolute atomic E-state index is 12.7. The molecule has 1 unspecified atom stereocenters. The molecule has 0 bridgehead atoms. The normalized spacial score (nSPS) is 17.0. The van der Waals surface area contributed by atoms with Gasteiger partial charge in [0.25, 0.3) is 5.91 Å². The minimum absolute atomic E-state index is 0. The van der Waals surface area contributed by atoms with E-state index in [1.54, 1.807) is 23.4 Å². The Kier molecular flexibility index (Phi) is 7.80.